The Morgan fingerprint density at radius 3 is 1.71 bits per heavy atom. The molecule has 0 heterocycles. The Morgan fingerprint density at radius 2 is 1.29 bits per heavy atom. The summed E-state index contributed by atoms with van der Waals surface area (Å²) in [6.45, 7) is 4.01. The van der Waals surface area contributed by atoms with Gasteiger partial charge in [0.05, 0.1) is 6.61 Å². The van der Waals surface area contributed by atoms with Gasteiger partial charge in [-0.1, -0.05) is 84.0 Å². The second kappa shape index (κ2) is 20.8. The molecule has 0 fully saturated rings. The smallest absolute Gasteiger partial charge is 0.867 e. The molecule has 0 aliphatic rings. The summed E-state index contributed by atoms with van der Waals surface area (Å²) in [5.41, 5.74) is -0.177. The molecule has 6 heteroatoms. The molecule has 0 unspecified atom stereocenters. The van der Waals surface area contributed by atoms with Crippen molar-refractivity contribution < 1.29 is 53.7 Å². The monoisotopic (exact) mass is 402 g/mol. The maximum atomic E-state index is 12.0. The molecule has 0 N–H and O–H groups in total. The van der Waals surface area contributed by atoms with Crippen molar-refractivity contribution in [2.45, 2.75) is 97.3 Å². The van der Waals surface area contributed by atoms with Gasteiger partial charge in [-0.25, -0.2) is 9.59 Å². The zero-order chi connectivity index (χ0) is 20.3. The van der Waals surface area contributed by atoms with E-state index in [1.165, 1.54) is 51.4 Å². The minimum Gasteiger partial charge on any atom is -0.867 e. The quantitative estimate of drug-likeness (QED) is 0.0974. The average molecular weight is 403 g/mol. The topological polar surface area (TPSA) is 75.7 Å². The van der Waals surface area contributed by atoms with Crippen LogP contribution in [0.3, 0.4) is 0 Å². The Bertz CT molecular complexity index is 494. The molecule has 0 amide bonds. The fourth-order valence-electron chi connectivity index (χ4n) is 2.89. The SMILES string of the molecule is C#COC(=O)C([O-])=C(CCCCCCCCCCCCCC)C(=O)OCC.[Na+]. The van der Waals surface area contributed by atoms with E-state index in [4.69, 9.17) is 11.2 Å². The molecule has 0 aromatic heterocycles. The summed E-state index contributed by atoms with van der Waals surface area (Å²) in [5, 5.41) is 12.0. The molecule has 0 aromatic rings. The number of unbranched alkanes of at least 4 members (excludes halogenated alkanes) is 11. The van der Waals surface area contributed by atoms with Gasteiger partial charge < -0.3 is 14.6 Å². The molecular weight excluding hydrogens is 367 g/mol. The molecule has 0 radical (unpaired) electrons. The van der Waals surface area contributed by atoms with E-state index in [0.29, 0.717) is 6.42 Å². The van der Waals surface area contributed by atoms with Gasteiger partial charge in [0.15, 0.2) is 0 Å². The van der Waals surface area contributed by atoms with Crippen LogP contribution in [0.15, 0.2) is 11.3 Å². The van der Waals surface area contributed by atoms with Crippen LogP contribution in [-0.4, -0.2) is 18.5 Å². The van der Waals surface area contributed by atoms with Gasteiger partial charge in [-0.05, 0) is 25.5 Å². The standard InChI is InChI=1S/C22H36O5.Na/c1-4-7-8-9-10-11-12-13-14-15-16-17-18-19(21(24)26-5-2)20(23)22(25)27-6-3;/h3,23H,4-5,7-18H2,1-2H3;/q;+1/p-1. The van der Waals surface area contributed by atoms with E-state index < -0.39 is 17.7 Å². The van der Waals surface area contributed by atoms with E-state index in [0.717, 1.165) is 19.3 Å². The number of esters is 2. The largest absolute Gasteiger partial charge is 1.00 e. The molecule has 28 heavy (non-hydrogen) atoms. The van der Waals surface area contributed by atoms with Crippen LogP contribution in [0.2, 0.25) is 0 Å². The summed E-state index contributed by atoms with van der Waals surface area (Å²) in [6.07, 6.45) is 20.9. The zero-order valence-electron chi connectivity index (χ0n) is 18.0. The average Bonchev–Trinajstić information content (AvgIpc) is 2.65. The molecule has 0 rings (SSSR count). The number of terminal acetylenes is 1. The Balaban J connectivity index is 0. The molecule has 154 valence electrons. The fourth-order valence-corrected chi connectivity index (χ4v) is 2.89. The van der Waals surface area contributed by atoms with Crippen LogP contribution < -0.4 is 34.7 Å². The fraction of sp³-hybridized carbons (Fsp3) is 0.727. The van der Waals surface area contributed by atoms with Crippen molar-refractivity contribution in [2.75, 3.05) is 6.61 Å². The number of ether oxygens (including phenoxy) is 2. The first-order valence-electron chi connectivity index (χ1n) is 10.3. The van der Waals surface area contributed by atoms with Gasteiger partial charge in [0.1, 0.15) is 6.11 Å². The molecule has 0 atom stereocenters. The number of carbonyl (C=O) groups is 2. The van der Waals surface area contributed by atoms with Crippen LogP contribution in [-0.2, 0) is 19.1 Å². The first kappa shape index (κ1) is 29.2. The van der Waals surface area contributed by atoms with Crippen LogP contribution in [0.25, 0.3) is 0 Å². The number of hydrogen-bond acceptors (Lipinski definition) is 5. The maximum absolute atomic E-state index is 12.0. The Labute approximate surface area is 192 Å². The van der Waals surface area contributed by atoms with Crippen LogP contribution >= 0.6 is 0 Å². The predicted molar refractivity (Wildman–Crippen MR) is 104 cm³/mol. The molecule has 0 aliphatic carbocycles. The molecule has 0 bridgehead atoms. The van der Waals surface area contributed by atoms with Crippen molar-refractivity contribution in [1.29, 1.82) is 0 Å². The summed E-state index contributed by atoms with van der Waals surface area (Å²) in [7, 11) is 0. The van der Waals surface area contributed by atoms with E-state index >= 15 is 0 Å². The second-order valence-electron chi connectivity index (χ2n) is 6.67. The zero-order valence-corrected chi connectivity index (χ0v) is 20.0. The van der Waals surface area contributed by atoms with Crippen molar-refractivity contribution in [2.24, 2.45) is 0 Å². The summed E-state index contributed by atoms with van der Waals surface area (Å²) >= 11 is 0. The number of rotatable bonds is 16. The van der Waals surface area contributed by atoms with Gasteiger partial charge in [0, 0.05) is 5.57 Å². The molecule has 0 saturated carbocycles. The summed E-state index contributed by atoms with van der Waals surface area (Å²) in [6, 6.07) is 0. The van der Waals surface area contributed by atoms with Gasteiger partial charge in [0.2, 0.25) is 0 Å². The summed E-state index contributed by atoms with van der Waals surface area (Å²) in [5.74, 6) is -2.98. The van der Waals surface area contributed by atoms with E-state index in [9.17, 15) is 14.7 Å². The molecule has 0 spiro atoms. The Hall–Kier alpha value is -0.960. The minimum absolute atomic E-state index is 0. The number of hydrogen-bond donors (Lipinski definition) is 0. The van der Waals surface area contributed by atoms with Crippen molar-refractivity contribution in [3.05, 3.63) is 11.3 Å². The van der Waals surface area contributed by atoms with Crippen LogP contribution in [0.1, 0.15) is 97.3 Å². The summed E-state index contributed by atoms with van der Waals surface area (Å²) < 4.78 is 9.09. The molecule has 0 aromatic carbocycles. The normalized spacial score (nSPS) is 11.0. The summed E-state index contributed by atoms with van der Waals surface area (Å²) in [4.78, 5) is 23.4. The van der Waals surface area contributed by atoms with Crippen molar-refractivity contribution in [3.63, 3.8) is 0 Å². The number of carbonyl (C=O) groups excluding carboxylic acids is 2. The first-order valence-corrected chi connectivity index (χ1v) is 10.3. The van der Waals surface area contributed by atoms with Crippen LogP contribution in [0.4, 0.5) is 0 Å². The third-order valence-corrected chi connectivity index (χ3v) is 4.41. The van der Waals surface area contributed by atoms with E-state index in [1.54, 1.807) is 13.0 Å². The van der Waals surface area contributed by atoms with Crippen molar-refractivity contribution in [3.8, 4) is 12.5 Å². The van der Waals surface area contributed by atoms with Gasteiger partial charge in [-0.3, -0.25) is 0 Å². The third kappa shape index (κ3) is 15.0. The molecule has 5 nitrogen and oxygen atoms in total. The molecule has 0 aliphatic heterocycles. The van der Waals surface area contributed by atoms with Gasteiger partial charge >= 0.3 is 41.5 Å². The predicted octanol–water partition coefficient (Wildman–Crippen LogP) is 1.39. The Kier molecular flexibility index (Phi) is 21.7. The second-order valence-corrected chi connectivity index (χ2v) is 6.67. The maximum Gasteiger partial charge on any atom is 1.00 e. The van der Waals surface area contributed by atoms with Gasteiger partial charge in [-0.2, -0.15) is 0 Å². The minimum atomic E-state index is -1.21. The van der Waals surface area contributed by atoms with E-state index in [-0.39, 0.29) is 48.2 Å². The molecular formula is C22H35NaO5. The Morgan fingerprint density at radius 1 is 0.821 bits per heavy atom. The molecule has 0 saturated heterocycles. The van der Waals surface area contributed by atoms with Gasteiger partial charge in [0.25, 0.3) is 0 Å². The van der Waals surface area contributed by atoms with Crippen molar-refractivity contribution >= 4 is 11.9 Å². The first-order chi connectivity index (χ1) is 13.1. The van der Waals surface area contributed by atoms with Gasteiger partial charge in [-0.15, -0.1) is 0 Å². The van der Waals surface area contributed by atoms with Crippen molar-refractivity contribution in [1.82, 2.24) is 0 Å². The van der Waals surface area contributed by atoms with E-state index in [2.05, 4.69) is 11.7 Å². The van der Waals surface area contributed by atoms with E-state index in [1.807, 2.05) is 0 Å². The third-order valence-electron chi connectivity index (χ3n) is 4.41. The van der Waals surface area contributed by atoms with Crippen LogP contribution in [0.5, 0.6) is 0 Å². The van der Waals surface area contributed by atoms with Crippen LogP contribution in [0, 0.1) is 12.5 Å².